The number of hydrogen-bond donors (Lipinski definition) is 1. The van der Waals surface area contributed by atoms with Crippen molar-refractivity contribution in [3.8, 4) is 0 Å². The fourth-order valence-electron chi connectivity index (χ4n) is 3.26. The van der Waals surface area contributed by atoms with Crippen LogP contribution in [-0.4, -0.2) is 17.5 Å². The van der Waals surface area contributed by atoms with Gasteiger partial charge in [0.05, 0.1) is 6.54 Å². The molecule has 2 N–H and O–H groups in total. The summed E-state index contributed by atoms with van der Waals surface area (Å²) >= 11 is 0. The Morgan fingerprint density at radius 1 is 1.37 bits per heavy atom. The van der Waals surface area contributed by atoms with Crippen molar-refractivity contribution in [1.82, 2.24) is 4.90 Å². The van der Waals surface area contributed by atoms with Gasteiger partial charge in [-0.15, -0.1) is 0 Å². The molecular formula is C16H22N2O. The van der Waals surface area contributed by atoms with Gasteiger partial charge in [0.15, 0.2) is 0 Å². The molecule has 1 aromatic carbocycles. The van der Waals surface area contributed by atoms with E-state index in [1.54, 1.807) is 0 Å². The molecule has 3 nitrogen and oxygen atoms in total. The lowest BCUT2D eigenvalue weighted by atomic mass is 10.1. The molecule has 0 spiro atoms. The zero-order chi connectivity index (χ0) is 13.2. The maximum absolute atomic E-state index is 5.88. The Kier molecular flexibility index (Phi) is 3.58. The van der Waals surface area contributed by atoms with Crippen molar-refractivity contribution in [2.45, 2.75) is 45.3 Å². The number of likely N-dealkylation sites (tertiary alicyclic amines) is 1. The molecule has 1 fully saturated rings. The smallest absolute Gasteiger partial charge is 0.134 e. The van der Waals surface area contributed by atoms with Crippen molar-refractivity contribution >= 4 is 11.0 Å². The van der Waals surface area contributed by atoms with Crippen LogP contribution in [0.5, 0.6) is 0 Å². The third-order valence-corrected chi connectivity index (χ3v) is 4.30. The monoisotopic (exact) mass is 258 g/mol. The molecule has 102 valence electrons. The molecule has 1 aliphatic heterocycles. The van der Waals surface area contributed by atoms with Crippen molar-refractivity contribution in [3.63, 3.8) is 0 Å². The Balaban J connectivity index is 1.95. The van der Waals surface area contributed by atoms with Crippen LogP contribution in [0.2, 0.25) is 0 Å². The van der Waals surface area contributed by atoms with Crippen LogP contribution in [0.15, 0.2) is 28.7 Å². The molecule has 2 aromatic rings. The third kappa shape index (κ3) is 2.28. The second-order valence-corrected chi connectivity index (χ2v) is 5.38. The zero-order valence-electron chi connectivity index (χ0n) is 11.6. The molecule has 0 bridgehead atoms. The molecule has 0 radical (unpaired) electrons. The summed E-state index contributed by atoms with van der Waals surface area (Å²) < 4.78 is 5.88. The van der Waals surface area contributed by atoms with Crippen LogP contribution >= 0.6 is 0 Å². The number of furan rings is 1. The summed E-state index contributed by atoms with van der Waals surface area (Å²) in [5.74, 6) is 0.947. The molecule has 19 heavy (non-hydrogen) atoms. The summed E-state index contributed by atoms with van der Waals surface area (Å²) in [5.41, 5.74) is 8.10. The van der Waals surface area contributed by atoms with Crippen molar-refractivity contribution in [3.05, 3.63) is 35.6 Å². The Labute approximate surface area is 114 Å². The number of rotatable bonds is 4. The van der Waals surface area contributed by atoms with E-state index in [9.17, 15) is 0 Å². The fraction of sp³-hybridized carbons (Fsp3) is 0.500. The van der Waals surface area contributed by atoms with E-state index in [0.29, 0.717) is 6.54 Å². The molecule has 1 aliphatic rings. The van der Waals surface area contributed by atoms with Crippen molar-refractivity contribution < 1.29 is 4.42 Å². The van der Waals surface area contributed by atoms with E-state index in [2.05, 4.69) is 24.0 Å². The molecule has 2 heterocycles. The minimum Gasteiger partial charge on any atom is -0.459 e. The summed E-state index contributed by atoms with van der Waals surface area (Å²) in [7, 11) is 0. The van der Waals surface area contributed by atoms with E-state index in [1.807, 2.05) is 12.1 Å². The van der Waals surface area contributed by atoms with E-state index in [4.69, 9.17) is 10.2 Å². The zero-order valence-corrected chi connectivity index (χ0v) is 11.6. The van der Waals surface area contributed by atoms with Gasteiger partial charge in [-0.3, -0.25) is 4.90 Å². The number of nitrogens with two attached hydrogens (primary N) is 1. The van der Waals surface area contributed by atoms with Gasteiger partial charge in [0, 0.05) is 23.5 Å². The molecule has 3 rings (SSSR count). The van der Waals surface area contributed by atoms with Crippen molar-refractivity contribution in [1.29, 1.82) is 0 Å². The van der Waals surface area contributed by atoms with Crippen molar-refractivity contribution in [2.75, 3.05) is 6.54 Å². The topological polar surface area (TPSA) is 42.4 Å². The van der Waals surface area contributed by atoms with Crippen LogP contribution in [0.3, 0.4) is 0 Å². The Morgan fingerprint density at radius 2 is 2.21 bits per heavy atom. The number of para-hydroxylation sites is 1. The minimum absolute atomic E-state index is 0.481. The summed E-state index contributed by atoms with van der Waals surface area (Å²) in [4.78, 5) is 2.58. The van der Waals surface area contributed by atoms with E-state index in [1.165, 1.54) is 36.8 Å². The number of nitrogens with zero attached hydrogens (tertiary/aromatic N) is 1. The van der Waals surface area contributed by atoms with Gasteiger partial charge in [-0.05, 0) is 31.9 Å². The van der Waals surface area contributed by atoms with Gasteiger partial charge in [-0.2, -0.15) is 0 Å². The van der Waals surface area contributed by atoms with Crippen LogP contribution in [-0.2, 0) is 13.1 Å². The molecule has 1 unspecified atom stereocenters. The molecule has 1 saturated heterocycles. The first kappa shape index (κ1) is 12.7. The van der Waals surface area contributed by atoms with Gasteiger partial charge in [0.2, 0.25) is 0 Å². The first-order valence-corrected chi connectivity index (χ1v) is 7.27. The number of benzene rings is 1. The van der Waals surface area contributed by atoms with Crippen molar-refractivity contribution in [2.24, 2.45) is 5.73 Å². The number of fused-ring (bicyclic) bond motifs is 1. The molecule has 1 aromatic heterocycles. The quantitative estimate of drug-likeness (QED) is 0.915. The molecular weight excluding hydrogens is 236 g/mol. The first-order valence-electron chi connectivity index (χ1n) is 7.27. The molecule has 0 saturated carbocycles. The Bertz CT molecular complexity index is 561. The van der Waals surface area contributed by atoms with Gasteiger partial charge >= 0.3 is 0 Å². The highest BCUT2D eigenvalue weighted by Crippen LogP contribution is 2.30. The minimum atomic E-state index is 0.481. The van der Waals surface area contributed by atoms with E-state index >= 15 is 0 Å². The Hall–Kier alpha value is -1.32. The lowest BCUT2D eigenvalue weighted by Crippen LogP contribution is -2.28. The molecule has 0 amide bonds. The molecule has 0 aliphatic carbocycles. The van der Waals surface area contributed by atoms with E-state index in [0.717, 1.165) is 23.9 Å². The van der Waals surface area contributed by atoms with Crippen LogP contribution in [0.4, 0.5) is 0 Å². The largest absolute Gasteiger partial charge is 0.459 e. The second-order valence-electron chi connectivity index (χ2n) is 5.38. The maximum atomic E-state index is 5.88. The average molecular weight is 258 g/mol. The summed E-state index contributed by atoms with van der Waals surface area (Å²) in [6.45, 7) is 4.93. The van der Waals surface area contributed by atoms with Gasteiger partial charge < -0.3 is 10.2 Å². The first-order chi connectivity index (χ1) is 9.33. The van der Waals surface area contributed by atoms with Gasteiger partial charge in [0.25, 0.3) is 0 Å². The van der Waals surface area contributed by atoms with Crippen LogP contribution in [0, 0.1) is 0 Å². The van der Waals surface area contributed by atoms with Gasteiger partial charge in [-0.1, -0.05) is 25.1 Å². The van der Waals surface area contributed by atoms with Gasteiger partial charge in [0.1, 0.15) is 11.3 Å². The highest BCUT2D eigenvalue weighted by Gasteiger charge is 2.25. The highest BCUT2D eigenvalue weighted by atomic mass is 16.3. The SMILES string of the molecule is CCC1CCCN1Cc1c(CN)oc2ccccc12. The summed E-state index contributed by atoms with van der Waals surface area (Å²) in [6, 6.07) is 8.98. The third-order valence-electron chi connectivity index (χ3n) is 4.30. The normalized spacial score (nSPS) is 20.4. The lowest BCUT2D eigenvalue weighted by Gasteiger charge is -2.23. The van der Waals surface area contributed by atoms with Crippen LogP contribution < -0.4 is 5.73 Å². The average Bonchev–Trinajstić information content (AvgIpc) is 3.04. The summed E-state index contributed by atoms with van der Waals surface area (Å²) in [5, 5.41) is 1.23. The lowest BCUT2D eigenvalue weighted by molar-refractivity contribution is 0.239. The standard InChI is InChI=1S/C16H22N2O/c1-2-12-6-5-9-18(12)11-14-13-7-3-4-8-15(13)19-16(14)10-17/h3-4,7-8,12H,2,5-6,9-11,17H2,1H3. The predicted octanol–water partition coefficient (Wildman–Crippen LogP) is 3.27. The van der Waals surface area contributed by atoms with E-state index in [-0.39, 0.29) is 0 Å². The number of hydrogen-bond acceptors (Lipinski definition) is 3. The predicted molar refractivity (Wildman–Crippen MR) is 77.8 cm³/mol. The summed E-state index contributed by atoms with van der Waals surface area (Å²) in [6.07, 6.45) is 3.87. The Morgan fingerprint density at radius 3 is 3.00 bits per heavy atom. The maximum Gasteiger partial charge on any atom is 0.134 e. The van der Waals surface area contributed by atoms with Gasteiger partial charge in [-0.25, -0.2) is 0 Å². The second kappa shape index (κ2) is 5.35. The van der Waals surface area contributed by atoms with Crippen LogP contribution in [0.1, 0.15) is 37.5 Å². The molecule has 3 heteroatoms. The van der Waals surface area contributed by atoms with Crippen LogP contribution in [0.25, 0.3) is 11.0 Å². The van der Waals surface area contributed by atoms with E-state index < -0.39 is 0 Å². The highest BCUT2D eigenvalue weighted by molar-refractivity contribution is 5.82. The molecule has 1 atom stereocenters. The fourth-order valence-corrected chi connectivity index (χ4v) is 3.26.